The Bertz CT molecular complexity index is 643. The predicted molar refractivity (Wildman–Crippen MR) is 83.6 cm³/mol. The van der Waals surface area contributed by atoms with Crippen LogP contribution in [-0.4, -0.2) is 9.97 Å². The molecule has 0 fully saturated rings. The van der Waals surface area contributed by atoms with Crippen LogP contribution >= 0.6 is 11.3 Å². The fourth-order valence-electron chi connectivity index (χ4n) is 2.10. The Labute approximate surface area is 122 Å². The van der Waals surface area contributed by atoms with E-state index in [1.165, 1.54) is 15.3 Å². The fourth-order valence-corrected chi connectivity index (χ4v) is 3.06. The van der Waals surface area contributed by atoms with Crippen molar-refractivity contribution >= 4 is 11.3 Å². The van der Waals surface area contributed by atoms with Gasteiger partial charge in [-0.25, -0.2) is 4.98 Å². The minimum absolute atomic E-state index is 0.229. The van der Waals surface area contributed by atoms with Crippen LogP contribution in [0.5, 0.6) is 0 Å². The summed E-state index contributed by atoms with van der Waals surface area (Å²) < 4.78 is 0. The van der Waals surface area contributed by atoms with Gasteiger partial charge >= 0.3 is 0 Å². The van der Waals surface area contributed by atoms with E-state index in [1.54, 1.807) is 6.20 Å². The summed E-state index contributed by atoms with van der Waals surface area (Å²) in [5.41, 5.74) is 1.28. The highest BCUT2D eigenvalue weighted by Gasteiger charge is 2.08. The molecule has 3 rings (SSSR count). The van der Waals surface area contributed by atoms with E-state index in [9.17, 15) is 0 Å². The van der Waals surface area contributed by atoms with Crippen LogP contribution in [-0.2, 0) is 6.54 Å². The standard InChI is InChI=1S/C16H17N3S/c1-12(16-17-9-10-18-16)19-11-14-7-8-15(20-14)13-5-3-2-4-6-13/h2-10,12,19H,11H2,1H3,(H,17,18). The molecule has 4 heteroatoms. The quantitative estimate of drug-likeness (QED) is 0.743. The number of hydrogen-bond acceptors (Lipinski definition) is 3. The molecule has 2 aromatic heterocycles. The molecule has 2 heterocycles. The van der Waals surface area contributed by atoms with Gasteiger partial charge in [0.15, 0.2) is 0 Å². The SMILES string of the molecule is CC(NCc1ccc(-c2ccccc2)s1)c1ncc[nH]1. The summed E-state index contributed by atoms with van der Waals surface area (Å²) in [5, 5.41) is 3.48. The summed E-state index contributed by atoms with van der Waals surface area (Å²) in [5.74, 6) is 0.977. The first-order valence-corrected chi connectivity index (χ1v) is 7.51. The predicted octanol–water partition coefficient (Wildman–Crippen LogP) is 3.99. The first-order chi connectivity index (χ1) is 9.83. The molecular formula is C16H17N3S. The third-order valence-electron chi connectivity index (χ3n) is 3.23. The van der Waals surface area contributed by atoms with E-state index >= 15 is 0 Å². The summed E-state index contributed by atoms with van der Waals surface area (Å²) in [6.45, 7) is 2.98. The van der Waals surface area contributed by atoms with Crippen LogP contribution in [0, 0.1) is 0 Å². The molecule has 1 aromatic carbocycles. The number of imidazole rings is 1. The third-order valence-corrected chi connectivity index (χ3v) is 4.37. The highest BCUT2D eigenvalue weighted by Crippen LogP contribution is 2.28. The minimum atomic E-state index is 0.229. The maximum Gasteiger partial charge on any atom is 0.122 e. The van der Waals surface area contributed by atoms with E-state index in [4.69, 9.17) is 0 Å². The molecule has 1 atom stereocenters. The number of nitrogens with one attached hydrogen (secondary N) is 2. The third kappa shape index (κ3) is 2.98. The molecule has 0 aliphatic heterocycles. The summed E-state index contributed by atoms with van der Waals surface area (Å²) in [6.07, 6.45) is 3.64. The molecule has 2 N–H and O–H groups in total. The molecule has 0 saturated carbocycles. The minimum Gasteiger partial charge on any atom is -0.347 e. The van der Waals surface area contributed by atoms with Crippen LogP contribution in [0.4, 0.5) is 0 Å². The first kappa shape index (κ1) is 13.1. The first-order valence-electron chi connectivity index (χ1n) is 6.70. The van der Waals surface area contributed by atoms with Gasteiger partial charge in [-0.1, -0.05) is 30.3 Å². The molecule has 0 aliphatic rings. The Balaban J connectivity index is 1.63. The van der Waals surface area contributed by atoms with Gasteiger partial charge in [-0.15, -0.1) is 11.3 Å². The van der Waals surface area contributed by atoms with Crippen molar-refractivity contribution in [2.45, 2.75) is 19.5 Å². The lowest BCUT2D eigenvalue weighted by molar-refractivity contribution is 0.554. The topological polar surface area (TPSA) is 40.7 Å². The maximum absolute atomic E-state index is 4.27. The van der Waals surface area contributed by atoms with E-state index in [-0.39, 0.29) is 6.04 Å². The molecule has 0 bridgehead atoms. The van der Waals surface area contributed by atoms with Gasteiger partial charge in [0.25, 0.3) is 0 Å². The molecule has 0 amide bonds. The van der Waals surface area contributed by atoms with Crippen molar-refractivity contribution in [2.24, 2.45) is 0 Å². The second-order valence-corrected chi connectivity index (χ2v) is 5.88. The molecular weight excluding hydrogens is 266 g/mol. The maximum atomic E-state index is 4.27. The Morgan fingerprint density at radius 3 is 2.80 bits per heavy atom. The number of thiophene rings is 1. The summed E-state index contributed by atoms with van der Waals surface area (Å²) in [6, 6.07) is 15.1. The van der Waals surface area contributed by atoms with Crippen LogP contribution < -0.4 is 5.32 Å². The largest absolute Gasteiger partial charge is 0.347 e. The van der Waals surface area contributed by atoms with Crippen molar-refractivity contribution in [1.29, 1.82) is 0 Å². The lowest BCUT2D eigenvalue weighted by Gasteiger charge is -2.09. The second-order valence-electron chi connectivity index (χ2n) is 4.71. The van der Waals surface area contributed by atoms with Crippen molar-refractivity contribution in [1.82, 2.24) is 15.3 Å². The molecule has 1 unspecified atom stereocenters. The van der Waals surface area contributed by atoms with E-state index in [0.29, 0.717) is 0 Å². The Morgan fingerprint density at radius 2 is 2.05 bits per heavy atom. The van der Waals surface area contributed by atoms with E-state index in [1.807, 2.05) is 23.6 Å². The zero-order valence-corrected chi connectivity index (χ0v) is 12.2. The van der Waals surface area contributed by atoms with Gasteiger partial charge in [-0.3, -0.25) is 0 Å². The molecule has 20 heavy (non-hydrogen) atoms. The average Bonchev–Trinajstić information content (AvgIpc) is 3.17. The fraction of sp³-hybridized carbons (Fsp3) is 0.188. The molecule has 0 aliphatic carbocycles. The monoisotopic (exact) mass is 283 g/mol. The van der Waals surface area contributed by atoms with E-state index < -0.39 is 0 Å². The van der Waals surface area contributed by atoms with Gasteiger partial charge < -0.3 is 10.3 Å². The Kier molecular flexibility index (Phi) is 3.95. The van der Waals surface area contributed by atoms with E-state index in [2.05, 4.69) is 58.6 Å². The van der Waals surface area contributed by atoms with Gasteiger partial charge in [0, 0.05) is 28.7 Å². The molecule has 3 nitrogen and oxygen atoms in total. The summed E-state index contributed by atoms with van der Waals surface area (Å²) in [4.78, 5) is 10.0. The lowest BCUT2D eigenvalue weighted by atomic mass is 10.2. The number of nitrogens with zero attached hydrogens (tertiary/aromatic N) is 1. The number of aromatic amines is 1. The lowest BCUT2D eigenvalue weighted by Crippen LogP contribution is -2.18. The van der Waals surface area contributed by atoms with Crippen LogP contribution in [0.2, 0.25) is 0 Å². The van der Waals surface area contributed by atoms with E-state index in [0.717, 1.165) is 12.4 Å². The number of rotatable bonds is 5. The molecule has 102 valence electrons. The van der Waals surface area contributed by atoms with Crippen LogP contribution in [0.25, 0.3) is 10.4 Å². The smallest absolute Gasteiger partial charge is 0.122 e. The van der Waals surface area contributed by atoms with Crippen molar-refractivity contribution in [3.63, 3.8) is 0 Å². The Morgan fingerprint density at radius 1 is 1.20 bits per heavy atom. The highest BCUT2D eigenvalue weighted by molar-refractivity contribution is 7.15. The molecule has 0 spiro atoms. The van der Waals surface area contributed by atoms with Crippen molar-refractivity contribution in [2.75, 3.05) is 0 Å². The van der Waals surface area contributed by atoms with Gasteiger partial charge in [0.1, 0.15) is 5.82 Å². The summed E-state index contributed by atoms with van der Waals surface area (Å²) in [7, 11) is 0. The van der Waals surface area contributed by atoms with Crippen molar-refractivity contribution < 1.29 is 0 Å². The van der Waals surface area contributed by atoms with Gasteiger partial charge in [0.05, 0.1) is 6.04 Å². The summed E-state index contributed by atoms with van der Waals surface area (Å²) >= 11 is 1.83. The average molecular weight is 283 g/mol. The number of benzene rings is 1. The zero-order valence-electron chi connectivity index (χ0n) is 11.3. The Hall–Kier alpha value is -1.91. The number of H-pyrrole nitrogens is 1. The number of hydrogen-bond donors (Lipinski definition) is 2. The highest BCUT2D eigenvalue weighted by atomic mass is 32.1. The normalized spacial score (nSPS) is 12.4. The van der Waals surface area contributed by atoms with Crippen LogP contribution in [0.15, 0.2) is 54.9 Å². The molecule has 0 radical (unpaired) electrons. The second kappa shape index (κ2) is 6.03. The number of aromatic nitrogens is 2. The molecule has 0 saturated heterocycles. The van der Waals surface area contributed by atoms with Gasteiger partial charge in [-0.05, 0) is 24.6 Å². The molecule has 3 aromatic rings. The van der Waals surface area contributed by atoms with Gasteiger partial charge in [0.2, 0.25) is 0 Å². The van der Waals surface area contributed by atoms with Gasteiger partial charge in [-0.2, -0.15) is 0 Å². The van der Waals surface area contributed by atoms with Crippen molar-refractivity contribution in [3.8, 4) is 10.4 Å². The zero-order chi connectivity index (χ0) is 13.8. The van der Waals surface area contributed by atoms with Crippen LogP contribution in [0.3, 0.4) is 0 Å². The van der Waals surface area contributed by atoms with Crippen molar-refractivity contribution in [3.05, 3.63) is 65.6 Å². The van der Waals surface area contributed by atoms with Crippen LogP contribution in [0.1, 0.15) is 23.7 Å².